The van der Waals surface area contributed by atoms with Gasteiger partial charge < -0.3 is 19.7 Å². The van der Waals surface area contributed by atoms with Crippen LogP contribution in [-0.2, 0) is 17.9 Å². The zero-order chi connectivity index (χ0) is 21.5. The zero-order valence-electron chi connectivity index (χ0n) is 17.8. The fourth-order valence-corrected chi connectivity index (χ4v) is 5.39. The Balaban J connectivity index is 1.15. The Morgan fingerprint density at radius 3 is 2.77 bits per heavy atom. The fourth-order valence-electron chi connectivity index (χ4n) is 5.39. The van der Waals surface area contributed by atoms with Gasteiger partial charge in [0, 0.05) is 62.5 Å². The van der Waals surface area contributed by atoms with E-state index in [2.05, 4.69) is 16.3 Å². The quantitative estimate of drug-likeness (QED) is 0.794. The van der Waals surface area contributed by atoms with Crippen molar-refractivity contribution in [1.82, 2.24) is 19.7 Å². The van der Waals surface area contributed by atoms with E-state index in [0.717, 1.165) is 43.9 Å². The molecular formula is C24H28N4O3. The molecule has 2 bridgehead atoms. The third kappa shape index (κ3) is 3.67. The highest BCUT2D eigenvalue weighted by molar-refractivity contribution is 6.01. The predicted octanol–water partition coefficient (Wildman–Crippen LogP) is 1.43. The first kappa shape index (κ1) is 20.0. The minimum absolute atomic E-state index is 0.0731. The smallest absolute Gasteiger partial charge is 0.255 e. The maximum atomic E-state index is 12.7. The van der Waals surface area contributed by atoms with E-state index in [-0.39, 0.29) is 17.4 Å². The standard InChI is InChI=1S/C24H28N4O3/c1-16(27-15-18-5-2-3-6-20(18)24(27)31)23(30)25-9-10-26-12-17-11-19(14-26)21-7-4-8-22(29)28(21)13-17/h2-8,16-17,19H,9-15H2,1H3,(H,25,30). The van der Waals surface area contributed by atoms with Gasteiger partial charge in [0.15, 0.2) is 0 Å². The van der Waals surface area contributed by atoms with Crippen LogP contribution in [0.5, 0.6) is 0 Å². The van der Waals surface area contributed by atoms with E-state index in [1.807, 2.05) is 34.9 Å². The molecule has 3 aliphatic heterocycles. The molecule has 0 spiro atoms. The maximum Gasteiger partial charge on any atom is 0.255 e. The van der Waals surface area contributed by atoms with Crippen molar-refractivity contribution in [2.75, 3.05) is 26.2 Å². The van der Waals surface area contributed by atoms with Gasteiger partial charge in [-0.1, -0.05) is 24.3 Å². The number of carbonyl (C=O) groups is 2. The number of hydrogen-bond acceptors (Lipinski definition) is 4. The van der Waals surface area contributed by atoms with E-state index in [4.69, 9.17) is 0 Å². The number of rotatable bonds is 5. The number of piperidine rings is 1. The average molecular weight is 421 g/mol. The van der Waals surface area contributed by atoms with Crippen molar-refractivity contribution in [2.45, 2.75) is 38.4 Å². The molecule has 2 aromatic rings. The Morgan fingerprint density at radius 1 is 1.10 bits per heavy atom. The summed E-state index contributed by atoms with van der Waals surface area (Å²) in [4.78, 5) is 41.5. The third-order valence-corrected chi connectivity index (χ3v) is 6.98. The van der Waals surface area contributed by atoms with E-state index >= 15 is 0 Å². The summed E-state index contributed by atoms with van der Waals surface area (Å²) in [7, 11) is 0. The number of benzene rings is 1. The number of pyridine rings is 1. The van der Waals surface area contributed by atoms with E-state index in [9.17, 15) is 14.4 Å². The number of likely N-dealkylation sites (tertiary alicyclic amines) is 1. The lowest BCUT2D eigenvalue weighted by Crippen LogP contribution is -2.50. The number of carbonyl (C=O) groups excluding carboxylic acids is 2. The predicted molar refractivity (Wildman–Crippen MR) is 117 cm³/mol. The molecule has 4 heterocycles. The maximum absolute atomic E-state index is 12.7. The second kappa shape index (κ2) is 7.96. The Labute approximate surface area is 181 Å². The van der Waals surface area contributed by atoms with Gasteiger partial charge in [0.05, 0.1) is 0 Å². The molecule has 2 amide bonds. The summed E-state index contributed by atoms with van der Waals surface area (Å²) >= 11 is 0. The van der Waals surface area contributed by atoms with Crippen LogP contribution < -0.4 is 10.9 Å². The molecule has 1 aromatic heterocycles. The molecule has 0 saturated carbocycles. The SMILES string of the molecule is CC(C(=O)NCCN1CC2CC(C1)c1cccc(=O)n1C2)N1Cc2ccccc2C1=O. The van der Waals surface area contributed by atoms with Crippen molar-refractivity contribution in [1.29, 1.82) is 0 Å². The largest absolute Gasteiger partial charge is 0.353 e. The number of aromatic nitrogens is 1. The van der Waals surface area contributed by atoms with Gasteiger partial charge in [-0.3, -0.25) is 14.4 Å². The third-order valence-electron chi connectivity index (χ3n) is 6.98. The number of hydrogen-bond donors (Lipinski definition) is 1. The van der Waals surface area contributed by atoms with Crippen LogP contribution in [0.3, 0.4) is 0 Å². The van der Waals surface area contributed by atoms with Crippen molar-refractivity contribution in [3.8, 4) is 0 Å². The lowest BCUT2D eigenvalue weighted by molar-refractivity contribution is -0.125. The van der Waals surface area contributed by atoms with Gasteiger partial charge in [-0.25, -0.2) is 0 Å². The fraction of sp³-hybridized carbons (Fsp3) is 0.458. The average Bonchev–Trinajstić information content (AvgIpc) is 3.10. The molecule has 7 heteroatoms. The molecule has 1 fully saturated rings. The van der Waals surface area contributed by atoms with Crippen LogP contribution in [0, 0.1) is 5.92 Å². The van der Waals surface area contributed by atoms with Gasteiger partial charge in [0.1, 0.15) is 6.04 Å². The van der Waals surface area contributed by atoms with Gasteiger partial charge in [0.2, 0.25) is 5.91 Å². The van der Waals surface area contributed by atoms with Crippen molar-refractivity contribution >= 4 is 11.8 Å². The Morgan fingerprint density at radius 2 is 1.94 bits per heavy atom. The molecule has 3 aliphatic rings. The highest BCUT2D eigenvalue weighted by Gasteiger charge is 2.35. The summed E-state index contributed by atoms with van der Waals surface area (Å²) in [6, 6.07) is 12.6. The van der Waals surface area contributed by atoms with E-state index in [1.54, 1.807) is 17.9 Å². The molecule has 0 radical (unpaired) electrons. The summed E-state index contributed by atoms with van der Waals surface area (Å²) in [6.07, 6.45) is 1.13. The van der Waals surface area contributed by atoms with Crippen LogP contribution in [0.4, 0.5) is 0 Å². The van der Waals surface area contributed by atoms with E-state index in [1.165, 1.54) is 0 Å². The normalized spacial score (nSPS) is 23.3. The Hall–Kier alpha value is -2.93. The van der Waals surface area contributed by atoms with E-state index < -0.39 is 6.04 Å². The van der Waals surface area contributed by atoms with Gasteiger partial charge in [0.25, 0.3) is 11.5 Å². The second-order valence-electron chi connectivity index (χ2n) is 9.01. The summed E-state index contributed by atoms with van der Waals surface area (Å²) in [5.41, 5.74) is 2.91. The van der Waals surface area contributed by atoms with Crippen molar-refractivity contribution in [3.63, 3.8) is 0 Å². The Bertz CT molecular complexity index is 1080. The highest BCUT2D eigenvalue weighted by Crippen LogP contribution is 2.34. The van der Waals surface area contributed by atoms with Crippen molar-refractivity contribution in [3.05, 3.63) is 69.6 Å². The molecule has 1 saturated heterocycles. The summed E-state index contributed by atoms with van der Waals surface area (Å²) < 4.78 is 1.94. The minimum atomic E-state index is -0.501. The molecule has 1 aromatic carbocycles. The Kier molecular flexibility index (Phi) is 5.14. The zero-order valence-corrected chi connectivity index (χ0v) is 17.8. The number of amides is 2. The van der Waals surface area contributed by atoms with Crippen LogP contribution in [0.1, 0.15) is 40.9 Å². The molecule has 7 nitrogen and oxygen atoms in total. The number of fused-ring (bicyclic) bond motifs is 5. The molecular weight excluding hydrogens is 392 g/mol. The van der Waals surface area contributed by atoms with Crippen molar-refractivity contribution in [2.24, 2.45) is 5.92 Å². The molecule has 5 rings (SSSR count). The summed E-state index contributed by atoms with van der Waals surface area (Å²) in [5.74, 6) is 0.657. The molecule has 162 valence electrons. The first-order valence-corrected chi connectivity index (χ1v) is 11.1. The molecule has 1 N–H and O–H groups in total. The van der Waals surface area contributed by atoms with E-state index in [0.29, 0.717) is 30.5 Å². The van der Waals surface area contributed by atoms with Gasteiger partial charge in [-0.2, -0.15) is 0 Å². The van der Waals surface area contributed by atoms with Crippen LogP contribution >= 0.6 is 0 Å². The molecule has 31 heavy (non-hydrogen) atoms. The lowest BCUT2D eigenvalue weighted by atomic mass is 9.83. The first-order chi connectivity index (χ1) is 15.0. The van der Waals surface area contributed by atoms with Crippen LogP contribution in [0.2, 0.25) is 0 Å². The second-order valence-corrected chi connectivity index (χ2v) is 9.01. The molecule has 3 atom stereocenters. The minimum Gasteiger partial charge on any atom is -0.353 e. The number of nitrogens with zero attached hydrogens (tertiary/aromatic N) is 3. The topological polar surface area (TPSA) is 74.7 Å². The molecule has 3 unspecified atom stereocenters. The monoisotopic (exact) mass is 420 g/mol. The first-order valence-electron chi connectivity index (χ1n) is 11.1. The lowest BCUT2D eigenvalue weighted by Gasteiger charge is -2.42. The van der Waals surface area contributed by atoms with Crippen LogP contribution in [0.15, 0.2) is 47.3 Å². The highest BCUT2D eigenvalue weighted by atomic mass is 16.2. The van der Waals surface area contributed by atoms with Gasteiger partial charge in [-0.15, -0.1) is 0 Å². The number of nitrogens with one attached hydrogen (secondary N) is 1. The molecule has 0 aliphatic carbocycles. The van der Waals surface area contributed by atoms with Crippen LogP contribution in [-0.4, -0.2) is 58.4 Å². The van der Waals surface area contributed by atoms with Gasteiger partial charge in [-0.05, 0) is 37.0 Å². The summed E-state index contributed by atoms with van der Waals surface area (Å²) in [5, 5.41) is 3.02. The van der Waals surface area contributed by atoms with Crippen molar-refractivity contribution < 1.29 is 9.59 Å². The van der Waals surface area contributed by atoms with Crippen LogP contribution in [0.25, 0.3) is 0 Å². The summed E-state index contributed by atoms with van der Waals surface area (Å²) in [6.45, 7) is 6.24. The van der Waals surface area contributed by atoms with Gasteiger partial charge >= 0.3 is 0 Å².